The topological polar surface area (TPSA) is 66.8 Å². The second kappa shape index (κ2) is 6.63. The smallest absolute Gasteiger partial charge is 0.332 e. The predicted molar refractivity (Wildman–Crippen MR) is 71.8 cm³/mol. The van der Waals surface area contributed by atoms with E-state index in [9.17, 15) is 14.3 Å². The molecule has 0 unspecified atom stereocenters. The Morgan fingerprint density at radius 2 is 2.25 bits per heavy atom. The first-order chi connectivity index (χ1) is 9.58. The molecule has 0 aromatic heterocycles. The lowest BCUT2D eigenvalue weighted by atomic mass is 9.98. The van der Waals surface area contributed by atoms with Crippen molar-refractivity contribution < 1.29 is 24.1 Å². The molecule has 5 heteroatoms. The van der Waals surface area contributed by atoms with Crippen LogP contribution in [0.2, 0.25) is 0 Å². The summed E-state index contributed by atoms with van der Waals surface area (Å²) in [5, 5.41) is 17.8. The van der Waals surface area contributed by atoms with Crippen molar-refractivity contribution in [3.63, 3.8) is 0 Å². The maximum absolute atomic E-state index is 14.1. The van der Waals surface area contributed by atoms with Gasteiger partial charge in [-0.1, -0.05) is 18.2 Å². The van der Waals surface area contributed by atoms with Gasteiger partial charge in [-0.15, -0.1) is 0 Å². The highest BCUT2D eigenvalue weighted by Gasteiger charge is 2.14. The lowest BCUT2D eigenvalue weighted by Crippen LogP contribution is -2.19. The first kappa shape index (κ1) is 14.7. The summed E-state index contributed by atoms with van der Waals surface area (Å²) in [7, 11) is 0. The second-order valence-corrected chi connectivity index (χ2v) is 4.76. The Kier molecular flexibility index (Phi) is 4.87. The molecule has 2 rings (SSSR count). The average Bonchev–Trinajstić information content (AvgIpc) is 2.45. The molecular formula is C15H17FO4. The minimum absolute atomic E-state index is 0.0741. The SMILES string of the molecule is O=C(O)[C@@H](O)CCc1ccc(C2=CCOCC2)c(F)c1. The summed E-state index contributed by atoms with van der Waals surface area (Å²) in [6, 6.07) is 4.87. The fourth-order valence-corrected chi connectivity index (χ4v) is 2.17. The van der Waals surface area contributed by atoms with Crippen LogP contribution in [0.4, 0.5) is 4.39 Å². The number of aliphatic hydroxyl groups excluding tert-OH is 1. The van der Waals surface area contributed by atoms with E-state index in [4.69, 9.17) is 9.84 Å². The fourth-order valence-electron chi connectivity index (χ4n) is 2.17. The molecule has 0 fully saturated rings. The summed E-state index contributed by atoms with van der Waals surface area (Å²) in [6.07, 6.45) is 1.55. The Bertz CT molecular complexity index is 525. The van der Waals surface area contributed by atoms with Gasteiger partial charge in [0, 0.05) is 5.56 Å². The number of ether oxygens (including phenoxy) is 1. The summed E-state index contributed by atoms with van der Waals surface area (Å²) >= 11 is 0. The molecule has 1 aliphatic rings. The van der Waals surface area contributed by atoms with Crippen LogP contribution in [0.25, 0.3) is 5.57 Å². The van der Waals surface area contributed by atoms with Gasteiger partial charge in [-0.2, -0.15) is 0 Å². The number of benzene rings is 1. The normalized spacial score (nSPS) is 16.6. The summed E-state index contributed by atoms with van der Waals surface area (Å²) in [6.45, 7) is 1.10. The standard InChI is InChI=1S/C15H17FO4/c16-13-9-10(2-4-14(17)15(18)19)1-3-12(13)11-5-7-20-8-6-11/h1,3,5,9,14,17H,2,4,6-8H2,(H,18,19)/t14-/m0/s1. The van der Waals surface area contributed by atoms with Crippen LogP contribution < -0.4 is 0 Å². The third-order valence-electron chi connectivity index (χ3n) is 3.33. The van der Waals surface area contributed by atoms with Gasteiger partial charge >= 0.3 is 5.97 Å². The van der Waals surface area contributed by atoms with Crippen molar-refractivity contribution in [1.82, 2.24) is 0 Å². The Morgan fingerprint density at radius 3 is 2.85 bits per heavy atom. The lowest BCUT2D eigenvalue weighted by molar-refractivity contribution is -0.146. The zero-order valence-corrected chi connectivity index (χ0v) is 11.0. The van der Waals surface area contributed by atoms with Gasteiger partial charge in [0.05, 0.1) is 13.2 Å². The second-order valence-electron chi connectivity index (χ2n) is 4.76. The van der Waals surface area contributed by atoms with Gasteiger partial charge in [-0.25, -0.2) is 9.18 Å². The number of aryl methyl sites for hydroxylation is 1. The van der Waals surface area contributed by atoms with E-state index in [2.05, 4.69) is 0 Å². The number of aliphatic hydroxyl groups is 1. The van der Waals surface area contributed by atoms with E-state index in [1.165, 1.54) is 6.07 Å². The molecule has 0 aliphatic carbocycles. The van der Waals surface area contributed by atoms with Crippen molar-refractivity contribution in [3.8, 4) is 0 Å². The van der Waals surface area contributed by atoms with Crippen LogP contribution in [0.1, 0.15) is 24.0 Å². The highest BCUT2D eigenvalue weighted by atomic mass is 19.1. The molecule has 0 radical (unpaired) electrons. The fraction of sp³-hybridized carbons (Fsp3) is 0.400. The number of aliphatic carboxylic acids is 1. The van der Waals surface area contributed by atoms with Crippen LogP contribution in [-0.4, -0.2) is 35.5 Å². The Balaban J connectivity index is 2.06. The summed E-state index contributed by atoms with van der Waals surface area (Å²) in [4.78, 5) is 10.5. The molecule has 0 saturated heterocycles. The van der Waals surface area contributed by atoms with E-state index >= 15 is 0 Å². The quantitative estimate of drug-likeness (QED) is 0.866. The number of carbonyl (C=O) groups is 1. The molecule has 1 aromatic rings. The number of halogens is 1. The molecule has 1 aromatic carbocycles. The lowest BCUT2D eigenvalue weighted by Gasteiger charge is -2.15. The monoisotopic (exact) mass is 280 g/mol. The van der Waals surface area contributed by atoms with Crippen LogP contribution >= 0.6 is 0 Å². The van der Waals surface area contributed by atoms with E-state index in [1.807, 2.05) is 6.08 Å². The predicted octanol–water partition coefficient (Wildman–Crippen LogP) is 2.01. The van der Waals surface area contributed by atoms with Gasteiger partial charge < -0.3 is 14.9 Å². The van der Waals surface area contributed by atoms with Gasteiger partial charge in [0.2, 0.25) is 0 Å². The molecule has 108 valence electrons. The van der Waals surface area contributed by atoms with E-state index in [0.717, 1.165) is 5.57 Å². The third kappa shape index (κ3) is 3.65. The van der Waals surface area contributed by atoms with Crippen LogP contribution in [0.15, 0.2) is 24.3 Å². The van der Waals surface area contributed by atoms with Crippen LogP contribution in [0, 0.1) is 5.82 Å². The Hall–Kier alpha value is -1.72. The van der Waals surface area contributed by atoms with E-state index < -0.39 is 12.1 Å². The average molecular weight is 280 g/mol. The van der Waals surface area contributed by atoms with Crippen molar-refractivity contribution in [2.24, 2.45) is 0 Å². The zero-order chi connectivity index (χ0) is 14.5. The van der Waals surface area contributed by atoms with Crippen LogP contribution in [0.3, 0.4) is 0 Å². The largest absolute Gasteiger partial charge is 0.479 e. The van der Waals surface area contributed by atoms with Gasteiger partial charge in [-0.3, -0.25) is 0 Å². The highest BCUT2D eigenvalue weighted by Crippen LogP contribution is 2.25. The molecule has 0 bridgehead atoms. The van der Waals surface area contributed by atoms with E-state index in [0.29, 0.717) is 37.2 Å². The van der Waals surface area contributed by atoms with Crippen molar-refractivity contribution in [2.75, 3.05) is 13.2 Å². The summed E-state index contributed by atoms with van der Waals surface area (Å²) in [5.41, 5.74) is 2.18. The van der Waals surface area contributed by atoms with E-state index in [1.54, 1.807) is 12.1 Å². The molecule has 0 saturated carbocycles. The molecule has 0 spiro atoms. The van der Waals surface area contributed by atoms with Crippen molar-refractivity contribution in [3.05, 3.63) is 41.2 Å². The molecule has 1 heterocycles. The Labute approximate surface area is 116 Å². The number of hydrogen-bond donors (Lipinski definition) is 2. The van der Waals surface area contributed by atoms with Crippen molar-refractivity contribution >= 4 is 11.5 Å². The molecule has 4 nitrogen and oxygen atoms in total. The summed E-state index contributed by atoms with van der Waals surface area (Å²) in [5.74, 6) is -1.57. The molecule has 0 amide bonds. The number of hydrogen-bond acceptors (Lipinski definition) is 3. The first-order valence-electron chi connectivity index (χ1n) is 6.54. The van der Waals surface area contributed by atoms with Gasteiger partial charge in [0.25, 0.3) is 0 Å². The maximum atomic E-state index is 14.1. The maximum Gasteiger partial charge on any atom is 0.332 e. The number of carboxylic acid groups (broad SMARTS) is 1. The first-order valence-corrected chi connectivity index (χ1v) is 6.54. The highest BCUT2D eigenvalue weighted by molar-refractivity contribution is 5.71. The van der Waals surface area contributed by atoms with Crippen LogP contribution in [-0.2, 0) is 16.0 Å². The molecular weight excluding hydrogens is 263 g/mol. The number of rotatable bonds is 5. The zero-order valence-electron chi connectivity index (χ0n) is 11.0. The molecule has 1 aliphatic heterocycles. The number of carboxylic acids is 1. The minimum atomic E-state index is -1.41. The van der Waals surface area contributed by atoms with Gasteiger partial charge in [0.15, 0.2) is 6.10 Å². The molecule has 2 N–H and O–H groups in total. The van der Waals surface area contributed by atoms with Gasteiger partial charge in [-0.05, 0) is 36.5 Å². The Morgan fingerprint density at radius 1 is 1.45 bits per heavy atom. The molecule has 20 heavy (non-hydrogen) atoms. The van der Waals surface area contributed by atoms with E-state index in [-0.39, 0.29) is 12.2 Å². The van der Waals surface area contributed by atoms with Crippen molar-refractivity contribution in [1.29, 1.82) is 0 Å². The third-order valence-corrected chi connectivity index (χ3v) is 3.33. The van der Waals surface area contributed by atoms with Crippen molar-refractivity contribution in [2.45, 2.75) is 25.4 Å². The van der Waals surface area contributed by atoms with Gasteiger partial charge in [0.1, 0.15) is 5.82 Å². The summed E-state index contributed by atoms with van der Waals surface area (Å²) < 4.78 is 19.2. The molecule has 1 atom stereocenters. The minimum Gasteiger partial charge on any atom is -0.479 e. The van der Waals surface area contributed by atoms with Crippen LogP contribution in [0.5, 0.6) is 0 Å².